The highest BCUT2D eigenvalue weighted by molar-refractivity contribution is 7.80. The maximum absolute atomic E-state index is 5.33. The Balaban J connectivity index is 1.82. The van der Waals surface area contributed by atoms with E-state index in [-0.39, 0.29) is 0 Å². The Morgan fingerprint density at radius 1 is 1.28 bits per heavy atom. The van der Waals surface area contributed by atoms with Crippen molar-refractivity contribution in [2.75, 3.05) is 13.1 Å². The number of aromatic nitrogens is 1. The lowest BCUT2D eigenvalue weighted by Crippen LogP contribution is -2.38. The summed E-state index contributed by atoms with van der Waals surface area (Å²) in [5.41, 5.74) is 3.74. The number of thiocarbonyl (C=S) groups is 1. The van der Waals surface area contributed by atoms with Crippen molar-refractivity contribution in [3.8, 4) is 0 Å². The van der Waals surface area contributed by atoms with Gasteiger partial charge in [0, 0.05) is 19.3 Å². The van der Waals surface area contributed by atoms with Crippen molar-refractivity contribution in [2.45, 2.75) is 25.7 Å². The first-order chi connectivity index (χ1) is 8.86. The molecule has 0 bridgehead atoms. The highest BCUT2D eigenvalue weighted by Gasteiger charge is 2.11. The molecule has 1 aliphatic heterocycles. The van der Waals surface area contributed by atoms with Crippen molar-refractivity contribution in [3.05, 3.63) is 30.1 Å². The first-order valence-electron chi connectivity index (χ1n) is 6.35. The number of rotatable bonds is 2. The fraction of sp³-hybridized carbons (Fsp3) is 0.462. The number of hydrogen-bond donors (Lipinski definition) is 1. The minimum atomic E-state index is 0.712. The van der Waals surface area contributed by atoms with E-state index in [2.05, 4.69) is 20.4 Å². The van der Waals surface area contributed by atoms with Crippen LogP contribution in [-0.2, 0) is 0 Å². The fourth-order valence-electron chi connectivity index (χ4n) is 1.95. The molecule has 0 atom stereocenters. The summed E-state index contributed by atoms with van der Waals surface area (Å²) in [7, 11) is 0. The molecular weight excluding hydrogens is 244 g/mol. The van der Waals surface area contributed by atoms with Crippen LogP contribution in [0.5, 0.6) is 0 Å². The highest BCUT2D eigenvalue weighted by atomic mass is 32.1. The van der Waals surface area contributed by atoms with Gasteiger partial charge in [-0.05, 0) is 37.2 Å². The first kappa shape index (κ1) is 13.0. The Morgan fingerprint density at radius 3 is 2.72 bits per heavy atom. The van der Waals surface area contributed by atoms with Crippen LogP contribution in [0, 0.1) is 0 Å². The molecule has 0 aliphatic carbocycles. The van der Waals surface area contributed by atoms with Crippen molar-refractivity contribution < 1.29 is 0 Å². The SMILES string of the molecule is S=C(N/N=C/c1ccccn1)N1CCCCCC1. The molecule has 96 valence electrons. The van der Waals surface area contributed by atoms with Crippen LogP contribution in [0.15, 0.2) is 29.5 Å². The molecule has 2 rings (SSSR count). The average Bonchev–Trinajstić information content (AvgIpc) is 2.69. The molecule has 0 unspecified atom stereocenters. The molecule has 1 saturated heterocycles. The van der Waals surface area contributed by atoms with Gasteiger partial charge in [-0.25, -0.2) is 0 Å². The summed E-state index contributed by atoms with van der Waals surface area (Å²) in [5, 5.41) is 4.84. The Kier molecular flexibility index (Phi) is 5.08. The molecule has 0 radical (unpaired) electrons. The maximum atomic E-state index is 5.33. The number of likely N-dealkylation sites (tertiary alicyclic amines) is 1. The molecule has 18 heavy (non-hydrogen) atoms. The van der Waals surface area contributed by atoms with Gasteiger partial charge in [-0.15, -0.1) is 0 Å². The van der Waals surface area contributed by atoms with E-state index in [4.69, 9.17) is 12.2 Å². The minimum Gasteiger partial charge on any atom is -0.348 e. The molecule has 1 aromatic rings. The molecule has 4 nitrogen and oxygen atoms in total. The van der Waals surface area contributed by atoms with Crippen molar-refractivity contribution in [3.63, 3.8) is 0 Å². The summed E-state index contributed by atoms with van der Waals surface area (Å²) in [6, 6.07) is 5.72. The van der Waals surface area contributed by atoms with Crippen molar-refractivity contribution >= 4 is 23.5 Å². The average molecular weight is 262 g/mol. The molecule has 0 aromatic carbocycles. The monoisotopic (exact) mass is 262 g/mol. The van der Waals surface area contributed by atoms with Gasteiger partial charge in [0.2, 0.25) is 0 Å². The van der Waals surface area contributed by atoms with E-state index in [0.717, 1.165) is 18.8 Å². The lowest BCUT2D eigenvalue weighted by molar-refractivity contribution is 0.428. The molecule has 0 amide bonds. The van der Waals surface area contributed by atoms with Gasteiger partial charge in [0.05, 0.1) is 11.9 Å². The molecule has 1 N–H and O–H groups in total. The van der Waals surface area contributed by atoms with Crippen LogP contribution < -0.4 is 5.43 Å². The van der Waals surface area contributed by atoms with Gasteiger partial charge < -0.3 is 4.90 Å². The van der Waals surface area contributed by atoms with E-state index in [1.54, 1.807) is 12.4 Å². The van der Waals surface area contributed by atoms with Crippen LogP contribution in [0.3, 0.4) is 0 Å². The third-order valence-corrected chi connectivity index (χ3v) is 3.29. The highest BCUT2D eigenvalue weighted by Crippen LogP contribution is 2.09. The van der Waals surface area contributed by atoms with Gasteiger partial charge in [0.1, 0.15) is 0 Å². The summed E-state index contributed by atoms with van der Waals surface area (Å²) in [5.74, 6) is 0. The van der Waals surface area contributed by atoms with Crippen LogP contribution in [0.4, 0.5) is 0 Å². The van der Waals surface area contributed by atoms with Gasteiger partial charge in [0.15, 0.2) is 5.11 Å². The Morgan fingerprint density at radius 2 is 2.06 bits per heavy atom. The summed E-state index contributed by atoms with van der Waals surface area (Å²) in [6.07, 6.45) is 8.46. The third-order valence-electron chi connectivity index (χ3n) is 2.94. The number of hydrazone groups is 1. The van der Waals surface area contributed by atoms with Crippen molar-refractivity contribution in [1.82, 2.24) is 15.3 Å². The van der Waals surface area contributed by atoms with Crippen molar-refractivity contribution in [1.29, 1.82) is 0 Å². The van der Waals surface area contributed by atoms with Crippen LogP contribution in [-0.4, -0.2) is 34.3 Å². The Bertz CT molecular complexity index is 397. The lowest BCUT2D eigenvalue weighted by atomic mass is 10.2. The Hall–Kier alpha value is -1.49. The van der Waals surface area contributed by atoms with E-state index in [1.807, 2.05) is 18.2 Å². The number of hydrogen-bond acceptors (Lipinski definition) is 3. The van der Waals surface area contributed by atoms with E-state index in [0.29, 0.717) is 5.11 Å². The van der Waals surface area contributed by atoms with Crippen molar-refractivity contribution in [2.24, 2.45) is 5.10 Å². The zero-order chi connectivity index (χ0) is 12.6. The normalized spacial score (nSPS) is 16.6. The zero-order valence-corrected chi connectivity index (χ0v) is 11.2. The van der Waals surface area contributed by atoms with Crippen LogP contribution >= 0.6 is 12.2 Å². The smallest absolute Gasteiger partial charge is 0.189 e. The molecule has 0 saturated carbocycles. The van der Waals surface area contributed by atoms with E-state index >= 15 is 0 Å². The van der Waals surface area contributed by atoms with Gasteiger partial charge >= 0.3 is 0 Å². The van der Waals surface area contributed by atoms with E-state index in [1.165, 1.54) is 25.7 Å². The van der Waals surface area contributed by atoms with Gasteiger partial charge in [-0.2, -0.15) is 5.10 Å². The predicted octanol–water partition coefficient (Wildman–Crippen LogP) is 2.17. The fourth-order valence-corrected chi connectivity index (χ4v) is 2.19. The Labute approximate surface area is 113 Å². The van der Waals surface area contributed by atoms with E-state index in [9.17, 15) is 0 Å². The lowest BCUT2D eigenvalue weighted by Gasteiger charge is -2.21. The first-order valence-corrected chi connectivity index (χ1v) is 6.76. The van der Waals surface area contributed by atoms with Gasteiger partial charge in [-0.3, -0.25) is 10.4 Å². The molecule has 0 spiro atoms. The second-order valence-electron chi connectivity index (χ2n) is 4.33. The zero-order valence-electron chi connectivity index (χ0n) is 10.4. The topological polar surface area (TPSA) is 40.5 Å². The molecule has 1 aromatic heterocycles. The third kappa shape index (κ3) is 4.07. The summed E-state index contributed by atoms with van der Waals surface area (Å²) < 4.78 is 0. The second kappa shape index (κ2) is 7.06. The molecule has 5 heteroatoms. The van der Waals surface area contributed by atoms with Gasteiger partial charge in [0.25, 0.3) is 0 Å². The number of nitrogens with one attached hydrogen (secondary N) is 1. The minimum absolute atomic E-state index is 0.712. The standard InChI is InChI=1S/C13H18N4S/c18-13(17-9-5-1-2-6-10-17)16-15-11-12-7-3-4-8-14-12/h3-4,7-8,11H,1-2,5-6,9-10H2,(H,16,18)/b15-11+. The quantitative estimate of drug-likeness (QED) is 0.504. The van der Waals surface area contributed by atoms with Crippen LogP contribution in [0.2, 0.25) is 0 Å². The molecule has 2 heterocycles. The molecule has 1 fully saturated rings. The van der Waals surface area contributed by atoms with Crippen LogP contribution in [0.25, 0.3) is 0 Å². The largest absolute Gasteiger partial charge is 0.348 e. The predicted molar refractivity (Wildman–Crippen MR) is 77.6 cm³/mol. The maximum Gasteiger partial charge on any atom is 0.189 e. The summed E-state index contributed by atoms with van der Waals surface area (Å²) >= 11 is 5.33. The second-order valence-corrected chi connectivity index (χ2v) is 4.72. The van der Waals surface area contributed by atoms with E-state index < -0.39 is 0 Å². The molecular formula is C13H18N4S. The van der Waals surface area contributed by atoms with Gasteiger partial charge in [-0.1, -0.05) is 18.9 Å². The van der Waals surface area contributed by atoms with Crippen LogP contribution in [0.1, 0.15) is 31.4 Å². The number of nitrogens with zero attached hydrogens (tertiary/aromatic N) is 3. The summed E-state index contributed by atoms with van der Waals surface area (Å²) in [4.78, 5) is 6.35. The summed E-state index contributed by atoms with van der Waals surface area (Å²) in [6.45, 7) is 2.07. The number of pyridine rings is 1. The molecule has 1 aliphatic rings.